The van der Waals surface area contributed by atoms with E-state index in [0.29, 0.717) is 42.0 Å². The molecular formula is C24H33O6S-. The van der Waals surface area contributed by atoms with Crippen molar-refractivity contribution in [2.45, 2.75) is 81.9 Å². The number of carbonyl (C=O) groups excluding carboxylic acids is 2. The van der Waals surface area contributed by atoms with E-state index in [0.717, 1.165) is 12.8 Å². The van der Waals surface area contributed by atoms with Crippen LogP contribution in [0.4, 0.5) is 0 Å². The van der Waals surface area contributed by atoms with Gasteiger partial charge in [-0.3, -0.25) is 0 Å². The van der Waals surface area contributed by atoms with Crippen LogP contribution in [-0.4, -0.2) is 25.2 Å². The molecule has 0 saturated heterocycles. The van der Waals surface area contributed by atoms with Crippen LogP contribution < -0.4 is 5.26 Å². The van der Waals surface area contributed by atoms with Crippen molar-refractivity contribution in [2.24, 2.45) is 11.8 Å². The largest absolute Gasteiger partial charge is 0.710 e. The molecule has 0 N–H and O–H groups in total. The molecule has 7 heteroatoms. The van der Waals surface area contributed by atoms with Gasteiger partial charge in [0.1, 0.15) is 0 Å². The Morgan fingerprint density at radius 1 is 0.774 bits per heavy atom. The number of hydrogen-bond donors (Lipinski definition) is 0. The summed E-state index contributed by atoms with van der Waals surface area (Å²) in [7, 11) is 0. The summed E-state index contributed by atoms with van der Waals surface area (Å²) >= 11 is 0.560. The summed E-state index contributed by atoms with van der Waals surface area (Å²) in [5.74, 6) is 0.236. The number of rotatable bonds is 10. The lowest BCUT2D eigenvalue weighted by atomic mass is 9.87. The highest BCUT2D eigenvalue weighted by atomic mass is 32.2. The SMILES string of the molecule is O=C(OCCC1CCCCC1)c1cc(SO[O-])cc(C(=O)OCCC2CCCCC2)c1. The van der Waals surface area contributed by atoms with Crippen molar-refractivity contribution in [1.82, 2.24) is 0 Å². The Balaban J connectivity index is 1.54. The van der Waals surface area contributed by atoms with Crippen molar-refractivity contribution >= 4 is 24.0 Å². The molecule has 2 fully saturated rings. The van der Waals surface area contributed by atoms with E-state index in [1.54, 1.807) is 0 Å². The summed E-state index contributed by atoms with van der Waals surface area (Å²) in [6, 6.07) is 4.48. The number of carbonyl (C=O) groups is 2. The minimum absolute atomic E-state index is 0.227. The first-order valence-electron chi connectivity index (χ1n) is 11.6. The van der Waals surface area contributed by atoms with Crippen molar-refractivity contribution < 1.29 is 28.7 Å². The molecule has 0 heterocycles. The van der Waals surface area contributed by atoms with E-state index >= 15 is 0 Å². The van der Waals surface area contributed by atoms with Gasteiger partial charge in [-0.15, -0.1) is 0 Å². The number of benzene rings is 1. The van der Waals surface area contributed by atoms with E-state index in [4.69, 9.17) is 9.47 Å². The lowest BCUT2D eigenvalue weighted by Crippen LogP contribution is -2.15. The molecule has 6 nitrogen and oxygen atoms in total. The van der Waals surface area contributed by atoms with Crippen LogP contribution in [0, 0.1) is 11.8 Å². The van der Waals surface area contributed by atoms with E-state index in [-0.39, 0.29) is 11.1 Å². The van der Waals surface area contributed by atoms with Crippen LogP contribution in [0.2, 0.25) is 0 Å². The minimum Gasteiger partial charge on any atom is -0.710 e. The Hall–Kier alpha value is -1.57. The summed E-state index contributed by atoms with van der Waals surface area (Å²) in [6.07, 6.45) is 14.1. The molecule has 2 saturated carbocycles. The third-order valence-corrected chi connectivity index (χ3v) is 6.97. The smallest absolute Gasteiger partial charge is 0.338 e. The maximum atomic E-state index is 12.5. The molecule has 1 aromatic carbocycles. The maximum absolute atomic E-state index is 12.5. The standard InChI is InChI=1S/C24H34O6S/c25-23(28-13-11-18-7-3-1-4-8-18)20-15-21(17-22(16-20)31-30-27)24(26)29-14-12-19-9-5-2-6-10-19/h15-19,27H,1-14H2/p-1. The molecule has 1 aromatic rings. The molecule has 0 unspecified atom stereocenters. The number of esters is 2. The third kappa shape index (κ3) is 8.13. The van der Waals surface area contributed by atoms with Crippen molar-refractivity contribution in [3.8, 4) is 0 Å². The topological polar surface area (TPSA) is 84.9 Å². The molecule has 172 valence electrons. The van der Waals surface area contributed by atoms with Crippen LogP contribution in [0.1, 0.15) is 97.8 Å². The van der Waals surface area contributed by atoms with E-state index in [9.17, 15) is 14.8 Å². The quantitative estimate of drug-likeness (QED) is 0.209. The summed E-state index contributed by atoms with van der Waals surface area (Å²) in [5.41, 5.74) is 0.454. The Morgan fingerprint density at radius 3 is 1.65 bits per heavy atom. The van der Waals surface area contributed by atoms with Crippen molar-refractivity contribution in [1.29, 1.82) is 0 Å². The van der Waals surface area contributed by atoms with Crippen LogP contribution in [0.5, 0.6) is 0 Å². The summed E-state index contributed by atoms with van der Waals surface area (Å²) in [6.45, 7) is 0.722. The first-order valence-corrected chi connectivity index (χ1v) is 12.4. The fourth-order valence-electron chi connectivity index (χ4n) is 4.68. The Bertz CT molecular complexity index is 656. The van der Waals surface area contributed by atoms with Gasteiger partial charge in [-0.05, 0) is 42.9 Å². The van der Waals surface area contributed by atoms with Crippen LogP contribution in [0.15, 0.2) is 23.1 Å². The lowest BCUT2D eigenvalue weighted by Gasteiger charge is -2.21. The Labute approximate surface area is 189 Å². The average Bonchev–Trinajstić information content (AvgIpc) is 2.80. The third-order valence-electron chi connectivity index (χ3n) is 6.48. The molecule has 2 aliphatic rings. The molecule has 0 amide bonds. The molecule has 0 bridgehead atoms. The van der Waals surface area contributed by atoms with Gasteiger partial charge in [-0.2, -0.15) is 0 Å². The lowest BCUT2D eigenvalue weighted by molar-refractivity contribution is -0.630. The van der Waals surface area contributed by atoms with Gasteiger partial charge in [0.05, 0.1) is 24.3 Å². The molecule has 0 aliphatic heterocycles. The molecule has 31 heavy (non-hydrogen) atoms. The average molecular weight is 450 g/mol. The highest BCUT2D eigenvalue weighted by molar-refractivity contribution is 7.94. The van der Waals surface area contributed by atoms with Gasteiger partial charge in [-0.1, -0.05) is 64.2 Å². The van der Waals surface area contributed by atoms with E-state index < -0.39 is 11.9 Å². The Morgan fingerprint density at radius 2 is 1.23 bits per heavy atom. The van der Waals surface area contributed by atoms with Gasteiger partial charge in [0.15, 0.2) is 0 Å². The van der Waals surface area contributed by atoms with E-state index in [1.807, 2.05) is 0 Å². The second kappa shape index (κ2) is 13.1. The first-order chi connectivity index (χ1) is 15.2. The van der Waals surface area contributed by atoms with Crippen LogP contribution in [-0.2, 0) is 13.8 Å². The van der Waals surface area contributed by atoms with E-state index in [2.05, 4.69) is 4.33 Å². The van der Waals surface area contributed by atoms with Gasteiger partial charge < -0.3 is 19.1 Å². The first kappa shape index (κ1) is 24.1. The summed E-state index contributed by atoms with van der Waals surface area (Å²) in [5, 5.41) is 10.6. The highest BCUT2D eigenvalue weighted by Crippen LogP contribution is 2.28. The van der Waals surface area contributed by atoms with Crippen LogP contribution in [0.25, 0.3) is 0 Å². The molecule has 0 radical (unpaired) electrons. The zero-order valence-corrected chi connectivity index (χ0v) is 19.0. The van der Waals surface area contributed by atoms with Crippen molar-refractivity contribution in [3.05, 3.63) is 29.3 Å². The van der Waals surface area contributed by atoms with Crippen LogP contribution in [0.3, 0.4) is 0 Å². The summed E-state index contributed by atoms with van der Waals surface area (Å²) in [4.78, 5) is 25.4. The predicted octanol–water partition coefficient (Wildman–Crippen LogP) is 5.24. The molecule has 2 aliphatic carbocycles. The molecule has 0 aromatic heterocycles. The van der Waals surface area contributed by atoms with Crippen molar-refractivity contribution in [2.75, 3.05) is 13.2 Å². The zero-order chi connectivity index (χ0) is 21.9. The summed E-state index contributed by atoms with van der Waals surface area (Å²) < 4.78 is 14.8. The van der Waals surface area contributed by atoms with Gasteiger partial charge in [0.25, 0.3) is 0 Å². The minimum atomic E-state index is -0.500. The second-order valence-electron chi connectivity index (χ2n) is 8.75. The van der Waals surface area contributed by atoms with Gasteiger partial charge in [0.2, 0.25) is 0 Å². The van der Waals surface area contributed by atoms with Gasteiger partial charge >= 0.3 is 11.9 Å². The van der Waals surface area contributed by atoms with Crippen molar-refractivity contribution in [3.63, 3.8) is 0 Å². The highest BCUT2D eigenvalue weighted by Gasteiger charge is 2.19. The van der Waals surface area contributed by atoms with Gasteiger partial charge in [-0.25, -0.2) is 9.59 Å². The Kier molecular flexibility index (Phi) is 10.2. The maximum Gasteiger partial charge on any atom is 0.338 e. The molecular weight excluding hydrogens is 416 g/mol. The van der Waals surface area contributed by atoms with E-state index in [1.165, 1.54) is 82.4 Å². The monoisotopic (exact) mass is 449 g/mol. The predicted molar refractivity (Wildman–Crippen MR) is 116 cm³/mol. The number of hydrogen-bond acceptors (Lipinski definition) is 7. The molecule has 0 spiro atoms. The van der Waals surface area contributed by atoms with Gasteiger partial charge in [0, 0.05) is 16.9 Å². The molecule has 0 atom stereocenters. The fourth-order valence-corrected chi connectivity index (χ4v) is 5.11. The number of ether oxygens (including phenoxy) is 2. The van der Waals surface area contributed by atoms with Crippen LogP contribution >= 0.6 is 12.0 Å². The molecule has 3 rings (SSSR count). The zero-order valence-electron chi connectivity index (χ0n) is 18.1. The normalized spacial score (nSPS) is 18.0. The second-order valence-corrected chi connectivity index (χ2v) is 9.53. The fraction of sp³-hybridized carbons (Fsp3) is 0.667.